The molecule has 1 aliphatic rings. The summed E-state index contributed by atoms with van der Waals surface area (Å²) in [6, 6.07) is 11.2. The lowest BCUT2D eigenvalue weighted by molar-refractivity contribution is -0.123. The number of phenolic OH excluding ortho intramolecular Hbond substituents is 1. The number of methoxy groups -OCH3 is 2. The molecular weight excluding hydrogens is 400 g/mol. The van der Waals surface area contributed by atoms with Crippen LogP contribution in [0.4, 0.5) is 0 Å². The van der Waals surface area contributed by atoms with Crippen molar-refractivity contribution in [2.75, 3.05) is 14.2 Å². The number of nitrogens with one attached hydrogen (secondary N) is 1. The Labute approximate surface area is 170 Å². The van der Waals surface area contributed by atoms with Crippen LogP contribution >= 0.6 is 24.0 Å². The van der Waals surface area contributed by atoms with E-state index in [4.69, 9.17) is 21.7 Å². The number of para-hydroxylation sites is 1. The van der Waals surface area contributed by atoms with Gasteiger partial charge in [0, 0.05) is 11.6 Å². The molecule has 0 aliphatic carbocycles. The molecule has 9 heteroatoms. The number of phenols is 1. The van der Waals surface area contributed by atoms with E-state index in [1.54, 1.807) is 43.5 Å². The Kier molecular flexibility index (Phi) is 5.86. The summed E-state index contributed by atoms with van der Waals surface area (Å²) in [6.07, 6.45) is 1.63. The first kappa shape index (κ1) is 19.7. The Morgan fingerprint density at radius 2 is 1.96 bits per heavy atom. The molecule has 0 radical (unpaired) electrons. The second-order valence-corrected chi connectivity index (χ2v) is 7.26. The number of hydrogen-bond acceptors (Lipinski definition) is 7. The van der Waals surface area contributed by atoms with Crippen LogP contribution in [0.25, 0.3) is 6.08 Å². The predicted molar refractivity (Wildman–Crippen MR) is 110 cm³/mol. The van der Waals surface area contributed by atoms with Crippen LogP contribution < -0.4 is 14.9 Å². The van der Waals surface area contributed by atoms with E-state index in [2.05, 4.69) is 5.43 Å². The minimum atomic E-state index is -0.641. The zero-order chi connectivity index (χ0) is 20.3. The molecule has 28 heavy (non-hydrogen) atoms. The second kappa shape index (κ2) is 8.32. The molecular formula is C19H16N2O5S2. The van der Waals surface area contributed by atoms with Gasteiger partial charge >= 0.3 is 0 Å². The summed E-state index contributed by atoms with van der Waals surface area (Å²) in [7, 11) is 3.07. The first-order valence-electron chi connectivity index (χ1n) is 8.03. The van der Waals surface area contributed by atoms with E-state index in [0.29, 0.717) is 22.0 Å². The molecule has 0 unspecified atom stereocenters. The average molecular weight is 416 g/mol. The summed E-state index contributed by atoms with van der Waals surface area (Å²) < 4.78 is 10.7. The molecule has 1 heterocycles. The van der Waals surface area contributed by atoms with Gasteiger partial charge in [0.1, 0.15) is 17.2 Å². The number of benzene rings is 2. The number of hydrazine groups is 1. The van der Waals surface area contributed by atoms with Crippen LogP contribution in [0, 0.1) is 0 Å². The van der Waals surface area contributed by atoms with E-state index >= 15 is 0 Å². The summed E-state index contributed by atoms with van der Waals surface area (Å²) in [5.41, 5.74) is 3.13. The first-order valence-corrected chi connectivity index (χ1v) is 9.26. The third-order valence-electron chi connectivity index (χ3n) is 3.88. The lowest BCUT2D eigenvalue weighted by atomic mass is 10.1. The van der Waals surface area contributed by atoms with Crippen molar-refractivity contribution < 1.29 is 24.2 Å². The Morgan fingerprint density at radius 1 is 1.21 bits per heavy atom. The highest BCUT2D eigenvalue weighted by Crippen LogP contribution is 2.34. The molecule has 2 amide bonds. The molecule has 3 rings (SSSR count). The number of thiocarbonyl (C=S) groups is 1. The van der Waals surface area contributed by atoms with Crippen LogP contribution in [-0.2, 0) is 4.79 Å². The van der Waals surface area contributed by atoms with Crippen molar-refractivity contribution in [3.05, 3.63) is 58.5 Å². The van der Waals surface area contributed by atoms with Crippen molar-refractivity contribution >= 4 is 46.2 Å². The van der Waals surface area contributed by atoms with Crippen molar-refractivity contribution in [3.8, 4) is 17.2 Å². The summed E-state index contributed by atoms with van der Waals surface area (Å²) in [4.78, 5) is 25.4. The molecule has 0 bridgehead atoms. The van der Waals surface area contributed by atoms with E-state index in [-0.39, 0.29) is 15.6 Å². The van der Waals surface area contributed by atoms with Gasteiger partial charge in [0.2, 0.25) is 0 Å². The van der Waals surface area contributed by atoms with E-state index < -0.39 is 11.8 Å². The van der Waals surface area contributed by atoms with Gasteiger partial charge in [-0.05, 0) is 42.6 Å². The summed E-state index contributed by atoms with van der Waals surface area (Å²) in [5, 5.41) is 10.8. The number of hydrogen-bond donors (Lipinski definition) is 2. The third kappa shape index (κ3) is 3.95. The van der Waals surface area contributed by atoms with Crippen LogP contribution in [0.15, 0.2) is 47.4 Å². The molecule has 0 saturated carbocycles. The number of thioether (sulfide) groups is 1. The van der Waals surface area contributed by atoms with Gasteiger partial charge in [-0.3, -0.25) is 15.0 Å². The zero-order valence-corrected chi connectivity index (χ0v) is 16.6. The summed E-state index contributed by atoms with van der Waals surface area (Å²) in [6.45, 7) is 0. The molecule has 0 aromatic heterocycles. The number of aromatic hydroxyl groups is 1. The molecule has 0 atom stereocenters. The monoisotopic (exact) mass is 416 g/mol. The van der Waals surface area contributed by atoms with Crippen molar-refractivity contribution in [1.82, 2.24) is 10.4 Å². The van der Waals surface area contributed by atoms with Crippen LogP contribution in [-0.4, -0.2) is 40.5 Å². The van der Waals surface area contributed by atoms with E-state index in [0.717, 1.165) is 16.8 Å². The quantitative estimate of drug-likeness (QED) is 0.572. The standard InChI is InChI=1S/C19H16N2O5S2/c1-25-12-8-7-11(15(10-12)26-2)9-16-18(24)21(19(27)28-16)20-17(23)13-5-3-4-6-14(13)22/h3-10,22H,1-2H3,(H,20,23). The predicted octanol–water partition coefficient (Wildman–Crippen LogP) is 2.96. The minimum Gasteiger partial charge on any atom is -0.507 e. The normalized spacial score (nSPS) is 15.1. The lowest BCUT2D eigenvalue weighted by Crippen LogP contribution is -2.44. The van der Waals surface area contributed by atoms with Crippen LogP contribution in [0.1, 0.15) is 15.9 Å². The van der Waals surface area contributed by atoms with Gasteiger partial charge in [-0.15, -0.1) is 0 Å². The highest BCUT2D eigenvalue weighted by atomic mass is 32.2. The first-order chi connectivity index (χ1) is 13.4. The van der Waals surface area contributed by atoms with Crippen molar-refractivity contribution in [1.29, 1.82) is 0 Å². The number of carbonyl (C=O) groups excluding carboxylic acids is 2. The second-order valence-electron chi connectivity index (χ2n) is 5.58. The Morgan fingerprint density at radius 3 is 2.64 bits per heavy atom. The average Bonchev–Trinajstić information content (AvgIpc) is 2.96. The molecule has 144 valence electrons. The van der Waals surface area contributed by atoms with Gasteiger partial charge < -0.3 is 14.6 Å². The summed E-state index contributed by atoms with van der Waals surface area (Å²) in [5.74, 6) is -0.155. The number of carbonyl (C=O) groups is 2. The maximum Gasteiger partial charge on any atom is 0.285 e. The maximum atomic E-state index is 12.7. The molecule has 0 spiro atoms. The van der Waals surface area contributed by atoms with Gasteiger partial charge in [0.25, 0.3) is 11.8 Å². The van der Waals surface area contributed by atoms with Gasteiger partial charge in [-0.1, -0.05) is 23.9 Å². The molecule has 7 nitrogen and oxygen atoms in total. The van der Waals surface area contributed by atoms with Gasteiger partial charge in [-0.2, -0.15) is 5.01 Å². The molecule has 1 fully saturated rings. The van der Waals surface area contributed by atoms with Gasteiger partial charge in [-0.25, -0.2) is 0 Å². The van der Waals surface area contributed by atoms with Crippen LogP contribution in [0.2, 0.25) is 0 Å². The Bertz CT molecular complexity index is 990. The highest BCUT2D eigenvalue weighted by Gasteiger charge is 2.34. The largest absolute Gasteiger partial charge is 0.507 e. The minimum absolute atomic E-state index is 0.0392. The van der Waals surface area contributed by atoms with Crippen LogP contribution in [0.5, 0.6) is 17.2 Å². The van der Waals surface area contributed by atoms with Crippen molar-refractivity contribution in [2.45, 2.75) is 0 Å². The zero-order valence-electron chi connectivity index (χ0n) is 15.0. The van der Waals surface area contributed by atoms with Crippen molar-refractivity contribution in [2.24, 2.45) is 0 Å². The van der Waals surface area contributed by atoms with E-state index in [9.17, 15) is 14.7 Å². The number of ether oxygens (including phenoxy) is 2. The molecule has 1 saturated heterocycles. The molecule has 1 aliphatic heterocycles. The fraction of sp³-hybridized carbons (Fsp3) is 0.105. The summed E-state index contributed by atoms with van der Waals surface area (Å²) >= 11 is 6.26. The van der Waals surface area contributed by atoms with E-state index in [1.165, 1.54) is 19.2 Å². The fourth-order valence-corrected chi connectivity index (χ4v) is 3.64. The highest BCUT2D eigenvalue weighted by molar-refractivity contribution is 8.26. The Hall–Kier alpha value is -3.04. The molecule has 2 N–H and O–H groups in total. The SMILES string of the molecule is COc1ccc(C=C2SC(=S)N(NC(=O)c3ccccc3O)C2=O)c(OC)c1. The number of nitrogens with zero attached hydrogens (tertiary/aromatic N) is 1. The topological polar surface area (TPSA) is 88.1 Å². The fourth-order valence-electron chi connectivity index (χ4n) is 2.47. The van der Waals surface area contributed by atoms with Gasteiger partial charge in [0.15, 0.2) is 4.32 Å². The number of amides is 2. The van der Waals surface area contributed by atoms with E-state index in [1.807, 2.05) is 0 Å². The van der Waals surface area contributed by atoms with Crippen molar-refractivity contribution in [3.63, 3.8) is 0 Å². The van der Waals surface area contributed by atoms with Gasteiger partial charge in [0.05, 0.1) is 24.7 Å². The molecule has 2 aromatic rings. The Balaban J connectivity index is 1.83. The third-order valence-corrected chi connectivity index (χ3v) is 5.19. The van der Waals surface area contributed by atoms with Crippen LogP contribution in [0.3, 0.4) is 0 Å². The maximum absolute atomic E-state index is 12.7. The molecule has 2 aromatic carbocycles. The number of rotatable bonds is 5. The smallest absolute Gasteiger partial charge is 0.285 e. The lowest BCUT2D eigenvalue weighted by Gasteiger charge is -2.16.